The third-order valence-electron chi connectivity index (χ3n) is 4.05. The maximum atomic E-state index is 12.0. The number of primary sulfonamides is 1. The van der Waals surface area contributed by atoms with Crippen LogP contribution < -0.4 is 5.14 Å². The molecule has 0 fully saturated rings. The molecule has 0 saturated heterocycles. The zero-order valence-electron chi connectivity index (χ0n) is 14.5. The molecule has 28 heavy (non-hydrogen) atoms. The highest BCUT2D eigenvalue weighted by molar-refractivity contribution is 7.89. The van der Waals surface area contributed by atoms with Crippen molar-refractivity contribution in [3.8, 4) is 22.4 Å². The van der Waals surface area contributed by atoms with Crippen molar-refractivity contribution in [1.29, 1.82) is 0 Å². The number of benzene rings is 2. The number of rotatable bonds is 6. The van der Waals surface area contributed by atoms with E-state index in [4.69, 9.17) is 16.7 Å². The van der Waals surface area contributed by atoms with Gasteiger partial charge in [0.15, 0.2) is 5.69 Å². The zero-order valence-corrected chi connectivity index (χ0v) is 16.1. The molecule has 144 valence electrons. The predicted molar refractivity (Wildman–Crippen MR) is 107 cm³/mol. The Kier molecular flexibility index (Phi) is 5.37. The largest absolute Gasteiger partial charge is 0.477 e. The Morgan fingerprint density at radius 3 is 2.21 bits per heavy atom. The summed E-state index contributed by atoms with van der Waals surface area (Å²) in [6, 6.07) is 12.5. The molecule has 0 aliphatic heterocycles. The summed E-state index contributed by atoms with van der Waals surface area (Å²) in [6.07, 6.45) is 1.54. The molecule has 2 aromatic carbocycles. The van der Waals surface area contributed by atoms with Gasteiger partial charge in [-0.3, -0.25) is 4.68 Å². The van der Waals surface area contributed by atoms with E-state index in [1.54, 1.807) is 30.3 Å². The topological polar surface area (TPSA) is 115 Å². The first-order valence-electron chi connectivity index (χ1n) is 8.06. The average Bonchev–Trinajstić information content (AvgIpc) is 3.01. The Bertz CT molecular complexity index is 1150. The lowest BCUT2D eigenvalue weighted by Gasteiger charge is -2.06. The van der Waals surface area contributed by atoms with Gasteiger partial charge in [-0.15, -0.1) is 6.58 Å². The number of nitrogens with zero attached hydrogens (tertiary/aromatic N) is 2. The fourth-order valence-electron chi connectivity index (χ4n) is 2.83. The summed E-state index contributed by atoms with van der Waals surface area (Å²) in [6.45, 7) is 3.83. The van der Waals surface area contributed by atoms with Gasteiger partial charge in [-0.2, -0.15) is 5.10 Å². The molecule has 0 amide bonds. The quantitative estimate of drug-likeness (QED) is 0.596. The lowest BCUT2D eigenvalue weighted by Crippen LogP contribution is -2.11. The normalized spacial score (nSPS) is 11.4. The first-order chi connectivity index (χ1) is 13.2. The van der Waals surface area contributed by atoms with Gasteiger partial charge in [0.2, 0.25) is 10.0 Å². The van der Waals surface area contributed by atoms with Crippen molar-refractivity contribution < 1.29 is 18.3 Å². The molecule has 0 bridgehead atoms. The number of carboxylic acid groups (broad SMARTS) is 1. The molecule has 3 rings (SSSR count). The van der Waals surface area contributed by atoms with E-state index in [0.717, 1.165) is 0 Å². The molecular weight excluding hydrogens is 402 g/mol. The monoisotopic (exact) mass is 417 g/mol. The molecule has 0 radical (unpaired) electrons. The van der Waals surface area contributed by atoms with E-state index in [1.165, 1.54) is 28.9 Å². The number of nitrogens with two attached hydrogens (primary N) is 1. The van der Waals surface area contributed by atoms with E-state index < -0.39 is 16.0 Å². The summed E-state index contributed by atoms with van der Waals surface area (Å²) in [7, 11) is -3.84. The number of carboxylic acids is 1. The number of sulfonamides is 1. The summed E-state index contributed by atoms with van der Waals surface area (Å²) in [4.78, 5) is 11.9. The lowest BCUT2D eigenvalue weighted by molar-refractivity contribution is 0.0685. The Morgan fingerprint density at radius 2 is 1.71 bits per heavy atom. The van der Waals surface area contributed by atoms with Gasteiger partial charge in [-0.1, -0.05) is 41.9 Å². The molecule has 3 N–H and O–H groups in total. The highest BCUT2D eigenvalue weighted by Crippen LogP contribution is 2.35. The Labute approximate surface area is 166 Å². The summed E-state index contributed by atoms with van der Waals surface area (Å²) in [5.41, 5.74) is 1.94. The van der Waals surface area contributed by atoms with E-state index in [-0.39, 0.29) is 17.1 Å². The van der Waals surface area contributed by atoms with Crippen LogP contribution in [0.15, 0.2) is 66.1 Å². The number of halogens is 1. The molecule has 0 aliphatic rings. The Hall–Kier alpha value is -2.94. The molecule has 9 heteroatoms. The van der Waals surface area contributed by atoms with Crippen LogP contribution in [0.3, 0.4) is 0 Å². The van der Waals surface area contributed by atoms with E-state index in [9.17, 15) is 18.3 Å². The predicted octanol–water partition coefficient (Wildman–Crippen LogP) is 3.40. The second-order valence-electron chi connectivity index (χ2n) is 5.92. The molecule has 0 atom stereocenters. The third kappa shape index (κ3) is 3.84. The van der Waals surface area contributed by atoms with Gasteiger partial charge >= 0.3 is 5.97 Å². The van der Waals surface area contributed by atoms with Crippen molar-refractivity contribution in [3.05, 3.63) is 71.9 Å². The van der Waals surface area contributed by atoms with Crippen molar-refractivity contribution in [2.75, 3.05) is 0 Å². The van der Waals surface area contributed by atoms with Crippen LogP contribution in [-0.2, 0) is 16.6 Å². The van der Waals surface area contributed by atoms with Gasteiger partial charge < -0.3 is 5.11 Å². The molecule has 3 aromatic rings. The van der Waals surface area contributed by atoms with Crippen LogP contribution in [0.1, 0.15) is 10.5 Å². The van der Waals surface area contributed by atoms with Crippen molar-refractivity contribution in [1.82, 2.24) is 9.78 Å². The number of hydrogen-bond acceptors (Lipinski definition) is 4. The average molecular weight is 418 g/mol. The van der Waals surface area contributed by atoms with E-state index in [1.807, 2.05) is 0 Å². The minimum Gasteiger partial charge on any atom is -0.477 e. The number of allylic oxidation sites excluding steroid dienone is 1. The fraction of sp³-hybridized carbons (Fsp3) is 0.0526. The molecular formula is C19H16ClN3O4S. The van der Waals surface area contributed by atoms with Crippen LogP contribution in [0, 0.1) is 0 Å². The molecule has 1 heterocycles. The number of carbonyl (C=O) groups is 1. The molecule has 1 aromatic heterocycles. The minimum absolute atomic E-state index is 0.00672. The van der Waals surface area contributed by atoms with Crippen molar-refractivity contribution in [2.45, 2.75) is 11.4 Å². The fourth-order valence-corrected chi connectivity index (χ4v) is 3.47. The maximum Gasteiger partial charge on any atom is 0.354 e. The molecule has 0 saturated carbocycles. The van der Waals surface area contributed by atoms with E-state index in [0.29, 0.717) is 27.4 Å². The maximum absolute atomic E-state index is 12.0. The number of hydrogen-bond donors (Lipinski definition) is 2. The Morgan fingerprint density at radius 1 is 1.14 bits per heavy atom. The van der Waals surface area contributed by atoms with Crippen molar-refractivity contribution in [2.24, 2.45) is 5.14 Å². The highest BCUT2D eigenvalue weighted by Gasteiger charge is 2.25. The van der Waals surface area contributed by atoms with Crippen molar-refractivity contribution >= 4 is 27.6 Å². The highest BCUT2D eigenvalue weighted by atomic mass is 35.5. The lowest BCUT2D eigenvalue weighted by atomic mass is 9.99. The standard InChI is InChI=1S/C19H16ClN3O4S/c1-2-11-23-18(19(24)25)16(12-3-7-14(20)8-4-12)17(22-23)13-5-9-15(10-6-13)28(21,26)27/h2-10H,1,11H2,(H,24,25)(H2,21,26,27). The van der Waals surface area contributed by atoms with E-state index >= 15 is 0 Å². The summed E-state index contributed by atoms with van der Waals surface area (Å²) < 4.78 is 24.3. The van der Waals surface area contributed by atoms with Crippen LogP contribution in [-0.4, -0.2) is 29.3 Å². The van der Waals surface area contributed by atoms with Gasteiger partial charge in [0.1, 0.15) is 5.69 Å². The zero-order chi connectivity index (χ0) is 20.5. The van der Waals surface area contributed by atoms with Gasteiger partial charge in [0.05, 0.1) is 11.4 Å². The Balaban J connectivity index is 2.28. The molecule has 0 aliphatic carbocycles. The molecule has 0 unspecified atom stereocenters. The van der Waals surface area contributed by atoms with Crippen LogP contribution >= 0.6 is 11.6 Å². The first-order valence-corrected chi connectivity index (χ1v) is 9.99. The second-order valence-corrected chi connectivity index (χ2v) is 7.92. The summed E-state index contributed by atoms with van der Waals surface area (Å²) in [5.74, 6) is -1.15. The van der Waals surface area contributed by atoms with Gasteiger partial charge in [-0.25, -0.2) is 18.4 Å². The van der Waals surface area contributed by atoms with Crippen LogP contribution in [0.2, 0.25) is 5.02 Å². The van der Waals surface area contributed by atoms with Gasteiger partial charge in [0.25, 0.3) is 0 Å². The molecule has 0 spiro atoms. The number of aromatic carboxylic acids is 1. The SMILES string of the molecule is C=CCn1nc(-c2ccc(S(N)(=O)=O)cc2)c(-c2ccc(Cl)cc2)c1C(=O)O. The summed E-state index contributed by atoms with van der Waals surface area (Å²) >= 11 is 5.95. The van der Waals surface area contributed by atoms with Gasteiger partial charge in [-0.05, 0) is 29.8 Å². The minimum atomic E-state index is -3.84. The molecule has 7 nitrogen and oxygen atoms in total. The van der Waals surface area contributed by atoms with Gasteiger partial charge in [0, 0.05) is 16.1 Å². The van der Waals surface area contributed by atoms with Crippen LogP contribution in [0.4, 0.5) is 0 Å². The summed E-state index contributed by atoms with van der Waals surface area (Å²) in [5, 5.41) is 19.9. The van der Waals surface area contributed by atoms with Crippen LogP contribution in [0.25, 0.3) is 22.4 Å². The number of aromatic nitrogens is 2. The third-order valence-corrected chi connectivity index (χ3v) is 5.23. The second kappa shape index (κ2) is 7.59. The smallest absolute Gasteiger partial charge is 0.354 e. The van der Waals surface area contributed by atoms with E-state index in [2.05, 4.69) is 11.7 Å². The van der Waals surface area contributed by atoms with Crippen molar-refractivity contribution in [3.63, 3.8) is 0 Å². The van der Waals surface area contributed by atoms with Crippen LogP contribution in [0.5, 0.6) is 0 Å². The first kappa shape index (κ1) is 19.8.